The summed E-state index contributed by atoms with van der Waals surface area (Å²) in [6, 6.07) is 8.17. The van der Waals surface area contributed by atoms with Gasteiger partial charge in [0.1, 0.15) is 0 Å². The van der Waals surface area contributed by atoms with Gasteiger partial charge in [-0.2, -0.15) is 0 Å². The fraction of sp³-hybridized carbons (Fsp3) is 0.462. The molecule has 2 amide bonds. The molecule has 90 valence electrons. The van der Waals surface area contributed by atoms with Gasteiger partial charge in [0.2, 0.25) is 0 Å². The molecule has 1 saturated heterocycles. The lowest BCUT2D eigenvalue weighted by Crippen LogP contribution is -2.29. The van der Waals surface area contributed by atoms with Crippen molar-refractivity contribution in [1.29, 1.82) is 0 Å². The summed E-state index contributed by atoms with van der Waals surface area (Å²) in [5, 5.41) is 0. The first-order chi connectivity index (χ1) is 8.10. The molecule has 1 aliphatic heterocycles. The second-order valence-electron chi connectivity index (χ2n) is 5.06. The van der Waals surface area contributed by atoms with Gasteiger partial charge in [0.05, 0.1) is 0 Å². The smallest absolute Gasteiger partial charge is 0.324 e. The molecule has 0 atom stereocenters. The van der Waals surface area contributed by atoms with E-state index in [0.717, 1.165) is 31.6 Å². The molecular formula is C13H17N3O. The first-order valence-corrected chi connectivity index (χ1v) is 6.02. The van der Waals surface area contributed by atoms with Crippen molar-refractivity contribution in [3.63, 3.8) is 0 Å². The molecule has 0 unspecified atom stereocenters. The van der Waals surface area contributed by atoms with E-state index in [0.29, 0.717) is 0 Å². The monoisotopic (exact) mass is 231 g/mol. The van der Waals surface area contributed by atoms with E-state index in [-0.39, 0.29) is 11.6 Å². The molecule has 1 aliphatic carbocycles. The zero-order valence-electron chi connectivity index (χ0n) is 10.0. The number of carbonyl (C=O) groups is 1. The second-order valence-corrected chi connectivity index (χ2v) is 5.06. The molecule has 4 nitrogen and oxygen atoms in total. The van der Waals surface area contributed by atoms with Crippen molar-refractivity contribution in [2.24, 2.45) is 5.73 Å². The van der Waals surface area contributed by atoms with Gasteiger partial charge in [0.15, 0.2) is 0 Å². The molecule has 3 rings (SSSR count). The largest absolute Gasteiger partial charge is 0.326 e. The second kappa shape index (κ2) is 3.47. The van der Waals surface area contributed by atoms with E-state index in [9.17, 15) is 4.79 Å². The molecule has 2 aliphatic rings. The van der Waals surface area contributed by atoms with Crippen LogP contribution < -0.4 is 10.6 Å². The normalized spacial score (nSPS) is 22.1. The highest BCUT2D eigenvalue weighted by Gasteiger charge is 2.39. The molecule has 2 N–H and O–H groups in total. The summed E-state index contributed by atoms with van der Waals surface area (Å²) in [4.78, 5) is 15.4. The standard InChI is InChI=1S/C13H17N3O/c1-15-8-9-16(12(15)17)11-4-2-10(3-5-11)13(14)6-7-13/h2-5H,6-9,14H2,1H3. The fourth-order valence-electron chi connectivity index (χ4n) is 2.28. The summed E-state index contributed by atoms with van der Waals surface area (Å²) in [6.07, 6.45) is 2.13. The Bertz CT molecular complexity index is 450. The van der Waals surface area contributed by atoms with Crippen molar-refractivity contribution >= 4 is 11.7 Å². The number of nitrogens with zero attached hydrogens (tertiary/aromatic N) is 2. The van der Waals surface area contributed by atoms with Crippen molar-refractivity contribution in [2.45, 2.75) is 18.4 Å². The van der Waals surface area contributed by atoms with Crippen molar-refractivity contribution in [3.05, 3.63) is 29.8 Å². The Hall–Kier alpha value is -1.55. The van der Waals surface area contributed by atoms with E-state index < -0.39 is 0 Å². The number of nitrogens with two attached hydrogens (primary N) is 1. The van der Waals surface area contributed by atoms with Crippen LogP contribution in [-0.2, 0) is 5.54 Å². The molecule has 0 bridgehead atoms. The average molecular weight is 231 g/mol. The summed E-state index contributed by atoms with van der Waals surface area (Å²) >= 11 is 0. The van der Waals surface area contributed by atoms with Gasteiger partial charge in [-0.15, -0.1) is 0 Å². The van der Waals surface area contributed by atoms with Crippen LogP contribution in [0.2, 0.25) is 0 Å². The van der Waals surface area contributed by atoms with Crippen molar-refractivity contribution in [3.8, 4) is 0 Å². The fourth-order valence-corrected chi connectivity index (χ4v) is 2.28. The Morgan fingerprint density at radius 1 is 1.18 bits per heavy atom. The lowest BCUT2D eigenvalue weighted by atomic mass is 10.1. The van der Waals surface area contributed by atoms with Gasteiger partial charge in [0.25, 0.3) is 0 Å². The van der Waals surface area contributed by atoms with Crippen LogP contribution in [0.5, 0.6) is 0 Å². The minimum Gasteiger partial charge on any atom is -0.326 e. The maximum Gasteiger partial charge on any atom is 0.324 e. The summed E-state index contributed by atoms with van der Waals surface area (Å²) < 4.78 is 0. The van der Waals surface area contributed by atoms with Gasteiger partial charge in [-0.3, -0.25) is 4.90 Å². The van der Waals surface area contributed by atoms with Crippen LogP contribution in [0.15, 0.2) is 24.3 Å². The zero-order chi connectivity index (χ0) is 12.0. The predicted octanol–water partition coefficient (Wildman–Crippen LogP) is 1.51. The third-order valence-corrected chi connectivity index (χ3v) is 3.76. The molecule has 4 heteroatoms. The van der Waals surface area contributed by atoms with Crippen LogP contribution in [0.25, 0.3) is 0 Å². The highest BCUT2D eigenvalue weighted by molar-refractivity contribution is 5.93. The maximum atomic E-state index is 11.8. The highest BCUT2D eigenvalue weighted by Crippen LogP contribution is 2.42. The van der Waals surface area contributed by atoms with Gasteiger partial charge >= 0.3 is 6.03 Å². The summed E-state index contributed by atoms with van der Waals surface area (Å²) in [5.74, 6) is 0. The number of rotatable bonds is 2. The Balaban J connectivity index is 1.83. The quantitative estimate of drug-likeness (QED) is 0.838. The average Bonchev–Trinajstić information content (AvgIpc) is 3.00. The van der Waals surface area contributed by atoms with Gasteiger partial charge in [-0.05, 0) is 30.5 Å². The van der Waals surface area contributed by atoms with Crippen molar-refractivity contribution < 1.29 is 4.79 Å². The molecule has 1 heterocycles. The molecule has 0 radical (unpaired) electrons. The van der Waals surface area contributed by atoms with Gasteiger partial charge in [0, 0.05) is 31.4 Å². The first-order valence-electron chi connectivity index (χ1n) is 6.02. The molecule has 2 fully saturated rings. The third-order valence-electron chi connectivity index (χ3n) is 3.76. The maximum absolute atomic E-state index is 11.8. The number of amides is 2. The number of carbonyl (C=O) groups excluding carboxylic acids is 1. The van der Waals surface area contributed by atoms with Crippen molar-refractivity contribution in [1.82, 2.24) is 4.90 Å². The van der Waals surface area contributed by atoms with Crippen LogP contribution in [0.1, 0.15) is 18.4 Å². The number of hydrogen-bond donors (Lipinski definition) is 1. The number of urea groups is 1. The van der Waals surface area contributed by atoms with E-state index >= 15 is 0 Å². The van der Waals surface area contributed by atoms with Crippen LogP contribution >= 0.6 is 0 Å². The molecular weight excluding hydrogens is 214 g/mol. The molecule has 0 aromatic heterocycles. The summed E-state index contributed by atoms with van der Waals surface area (Å²) in [5.41, 5.74) is 8.19. The van der Waals surface area contributed by atoms with Crippen LogP contribution in [0.4, 0.5) is 10.5 Å². The topological polar surface area (TPSA) is 49.6 Å². The Morgan fingerprint density at radius 3 is 2.29 bits per heavy atom. The Morgan fingerprint density at radius 2 is 1.82 bits per heavy atom. The van der Waals surface area contributed by atoms with E-state index in [4.69, 9.17) is 5.73 Å². The van der Waals surface area contributed by atoms with Gasteiger partial charge in [-0.1, -0.05) is 12.1 Å². The van der Waals surface area contributed by atoms with Gasteiger partial charge < -0.3 is 10.6 Å². The van der Waals surface area contributed by atoms with E-state index in [1.54, 1.807) is 9.80 Å². The lowest BCUT2D eigenvalue weighted by Gasteiger charge is -2.17. The van der Waals surface area contributed by atoms with Crippen LogP contribution in [-0.4, -0.2) is 31.1 Å². The zero-order valence-corrected chi connectivity index (χ0v) is 10.0. The minimum absolute atomic E-state index is 0.0756. The number of benzene rings is 1. The van der Waals surface area contributed by atoms with E-state index in [2.05, 4.69) is 0 Å². The first kappa shape index (κ1) is 10.6. The summed E-state index contributed by atoms with van der Waals surface area (Å²) in [6.45, 7) is 1.56. The number of likely N-dealkylation sites (N-methyl/N-ethyl adjacent to an activating group) is 1. The molecule has 1 saturated carbocycles. The Kier molecular flexibility index (Phi) is 2.16. The lowest BCUT2D eigenvalue weighted by molar-refractivity contribution is 0.229. The number of anilines is 1. The SMILES string of the molecule is CN1CCN(c2ccc(C3(N)CC3)cc2)C1=O. The van der Waals surface area contributed by atoms with Crippen molar-refractivity contribution in [2.75, 3.05) is 25.0 Å². The summed E-state index contributed by atoms with van der Waals surface area (Å²) in [7, 11) is 1.83. The molecule has 1 aromatic carbocycles. The minimum atomic E-state index is -0.0929. The predicted molar refractivity (Wildman–Crippen MR) is 66.9 cm³/mol. The molecule has 17 heavy (non-hydrogen) atoms. The van der Waals surface area contributed by atoms with E-state index in [1.807, 2.05) is 31.3 Å². The van der Waals surface area contributed by atoms with Gasteiger partial charge in [-0.25, -0.2) is 4.79 Å². The number of hydrogen-bond acceptors (Lipinski definition) is 2. The molecule has 1 aromatic rings. The van der Waals surface area contributed by atoms with Crippen LogP contribution in [0.3, 0.4) is 0 Å². The van der Waals surface area contributed by atoms with Crippen LogP contribution in [0, 0.1) is 0 Å². The molecule has 0 spiro atoms. The Labute approximate surface area is 101 Å². The third kappa shape index (κ3) is 1.69. The van der Waals surface area contributed by atoms with E-state index in [1.165, 1.54) is 5.56 Å². The highest BCUT2D eigenvalue weighted by atomic mass is 16.2.